The van der Waals surface area contributed by atoms with Gasteiger partial charge in [-0.25, -0.2) is 0 Å². The number of benzene rings is 2. The van der Waals surface area contributed by atoms with Crippen molar-refractivity contribution in [2.75, 3.05) is 19.6 Å². The Bertz CT molecular complexity index is 1170. The zero-order valence-corrected chi connectivity index (χ0v) is 18.8. The third kappa shape index (κ3) is 4.79. The number of likely N-dealkylation sites (tertiary alicyclic amines) is 1. The number of fused-ring (bicyclic) bond motifs is 1. The molecular formula is C24H24Cl2N2O3. The number of halogens is 2. The quantitative estimate of drug-likeness (QED) is 0.558. The van der Waals surface area contributed by atoms with Gasteiger partial charge in [-0.3, -0.25) is 14.5 Å². The maximum Gasteiger partial charge on any atom is 0.287 e. The van der Waals surface area contributed by atoms with E-state index in [1.165, 1.54) is 12.5 Å². The second kappa shape index (κ2) is 9.43. The van der Waals surface area contributed by atoms with Crippen LogP contribution in [0.3, 0.4) is 0 Å². The average Bonchev–Trinajstić information content (AvgIpc) is 2.77. The number of amides is 1. The summed E-state index contributed by atoms with van der Waals surface area (Å²) in [7, 11) is 0. The van der Waals surface area contributed by atoms with Crippen LogP contribution >= 0.6 is 23.2 Å². The molecule has 31 heavy (non-hydrogen) atoms. The third-order valence-electron chi connectivity index (χ3n) is 5.78. The minimum absolute atomic E-state index is 0.0178. The fourth-order valence-electron chi connectivity index (χ4n) is 4.08. The van der Waals surface area contributed by atoms with Gasteiger partial charge in [0.2, 0.25) is 0 Å². The lowest BCUT2D eigenvalue weighted by Gasteiger charge is -2.35. The van der Waals surface area contributed by atoms with Gasteiger partial charge in [0.1, 0.15) is 5.58 Å². The molecule has 0 saturated carbocycles. The van der Waals surface area contributed by atoms with Crippen molar-refractivity contribution in [3.05, 3.63) is 79.6 Å². The summed E-state index contributed by atoms with van der Waals surface area (Å²) in [6.07, 6.45) is 3.45. The van der Waals surface area contributed by atoms with E-state index in [0.717, 1.165) is 37.1 Å². The van der Waals surface area contributed by atoms with Gasteiger partial charge in [-0.1, -0.05) is 47.8 Å². The maximum atomic E-state index is 12.9. The Hall–Kier alpha value is -2.34. The number of rotatable bonds is 5. The summed E-state index contributed by atoms with van der Waals surface area (Å²) in [6, 6.07) is 12.1. The first kappa shape index (κ1) is 21.9. The molecule has 1 saturated heterocycles. The van der Waals surface area contributed by atoms with Crippen molar-refractivity contribution >= 4 is 40.1 Å². The lowest BCUT2D eigenvalue weighted by atomic mass is 10.0. The number of aryl methyl sites for hydroxylation is 1. The van der Waals surface area contributed by atoms with E-state index in [4.69, 9.17) is 27.6 Å². The number of carbonyl (C=O) groups is 1. The first-order chi connectivity index (χ1) is 14.9. The van der Waals surface area contributed by atoms with Gasteiger partial charge in [-0.15, -0.1) is 0 Å². The predicted octanol–water partition coefficient (Wildman–Crippen LogP) is 5.37. The fourth-order valence-corrected chi connectivity index (χ4v) is 4.50. The Morgan fingerprint density at radius 1 is 1.10 bits per heavy atom. The number of piperidine rings is 1. The molecule has 2 heterocycles. The van der Waals surface area contributed by atoms with Crippen molar-refractivity contribution in [2.45, 2.75) is 32.2 Å². The molecular weight excluding hydrogens is 435 g/mol. The van der Waals surface area contributed by atoms with Gasteiger partial charge in [0.25, 0.3) is 5.91 Å². The number of hydrogen-bond acceptors (Lipinski definition) is 4. The fraction of sp³-hybridized carbons (Fsp3) is 0.333. The van der Waals surface area contributed by atoms with Crippen LogP contribution in [0.2, 0.25) is 10.0 Å². The Labute approximate surface area is 190 Å². The van der Waals surface area contributed by atoms with Gasteiger partial charge in [-0.2, -0.15) is 0 Å². The molecule has 1 atom stereocenters. The van der Waals surface area contributed by atoms with Gasteiger partial charge >= 0.3 is 0 Å². The van der Waals surface area contributed by atoms with Crippen molar-refractivity contribution in [1.29, 1.82) is 0 Å². The highest BCUT2D eigenvalue weighted by Crippen LogP contribution is 2.29. The summed E-state index contributed by atoms with van der Waals surface area (Å²) in [5.41, 5.74) is 1.81. The van der Waals surface area contributed by atoms with Gasteiger partial charge in [0, 0.05) is 22.7 Å². The number of carbonyl (C=O) groups excluding carboxylic acids is 1. The van der Waals surface area contributed by atoms with Crippen LogP contribution in [0.1, 0.15) is 47.0 Å². The van der Waals surface area contributed by atoms with E-state index >= 15 is 0 Å². The zero-order chi connectivity index (χ0) is 22.0. The molecule has 0 bridgehead atoms. The topological polar surface area (TPSA) is 62.6 Å². The molecule has 3 aromatic rings. The van der Waals surface area contributed by atoms with Crippen LogP contribution in [-0.4, -0.2) is 30.4 Å². The summed E-state index contributed by atoms with van der Waals surface area (Å²) in [6.45, 7) is 4.10. The van der Waals surface area contributed by atoms with E-state index in [9.17, 15) is 9.59 Å². The van der Waals surface area contributed by atoms with Gasteiger partial charge < -0.3 is 9.73 Å². The molecule has 1 N–H and O–H groups in total. The molecule has 7 heteroatoms. The highest BCUT2D eigenvalue weighted by Gasteiger charge is 2.25. The summed E-state index contributed by atoms with van der Waals surface area (Å²) < 4.78 is 5.74. The van der Waals surface area contributed by atoms with E-state index in [1.54, 1.807) is 12.1 Å². The first-order valence-electron chi connectivity index (χ1n) is 10.4. The summed E-state index contributed by atoms with van der Waals surface area (Å²) in [4.78, 5) is 27.7. The van der Waals surface area contributed by atoms with Crippen LogP contribution in [0.5, 0.6) is 0 Å². The standard InChI is InChI=1S/C24H24Cl2N2O3/c1-15-11-22-17(12-19(15)26)21(29)13-23(31-22)24(30)27-14-20(28-9-5-2-6-10-28)16-7-3-4-8-18(16)25/h3-4,7-8,11-13,20H,2,5-6,9-10,14H2,1H3,(H,27,30)/t20-/m1/s1. The van der Waals surface area contributed by atoms with Crippen molar-refractivity contribution < 1.29 is 9.21 Å². The molecule has 1 aromatic heterocycles. The second-order valence-electron chi connectivity index (χ2n) is 7.92. The largest absolute Gasteiger partial charge is 0.451 e. The predicted molar refractivity (Wildman–Crippen MR) is 124 cm³/mol. The Morgan fingerprint density at radius 2 is 1.84 bits per heavy atom. The molecule has 0 spiro atoms. The highest BCUT2D eigenvalue weighted by molar-refractivity contribution is 6.32. The molecule has 1 aliphatic rings. The van der Waals surface area contributed by atoms with Gasteiger partial charge in [0.15, 0.2) is 11.2 Å². The first-order valence-corrected chi connectivity index (χ1v) is 11.2. The zero-order valence-electron chi connectivity index (χ0n) is 17.3. The molecule has 5 nitrogen and oxygen atoms in total. The molecule has 2 aromatic carbocycles. The lowest BCUT2D eigenvalue weighted by Crippen LogP contribution is -2.40. The molecule has 1 aliphatic heterocycles. The molecule has 1 fully saturated rings. The minimum atomic E-state index is -0.430. The SMILES string of the molecule is Cc1cc2oc(C(=O)NC[C@H](c3ccccc3Cl)N3CCCCC3)cc(=O)c2cc1Cl. The molecule has 0 aliphatic carbocycles. The minimum Gasteiger partial charge on any atom is -0.451 e. The third-order valence-corrected chi connectivity index (χ3v) is 6.54. The van der Waals surface area contributed by atoms with Crippen molar-refractivity contribution in [3.63, 3.8) is 0 Å². The van der Waals surface area contributed by atoms with E-state index in [0.29, 0.717) is 27.6 Å². The second-order valence-corrected chi connectivity index (χ2v) is 8.73. The average molecular weight is 459 g/mol. The van der Waals surface area contributed by atoms with Crippen LogP contribution < -0.4 is 10.7 Å². The van der Waals surface area contributed by atoms with Crippen molar-refractivity contribution in [2.24, 2.45) is 0 Å². The summed E-state index contributed by atoms with van der Waals surface area (Å²) in [5.74, 6) is -0.448. The number of nitrogens with zero attached hydrogens (tertiary/aromatic N) is 1. The monoisotopic (exact) mass is 458 g/mol. The normalized spacial score (nSPS) is 15.7. The molecule has 0 unspecified atom stereocenters. The molecule has 4 rings (SSSR count). The lowest BCUT2D eigenvalue weighted by molar-refractivity contribution is 0.0897. The van der Waals surface area contributed by atoms with E-state index in [2.05, 4.69) is 10.2 Å². The smallest absolute Gasteiger partial charge is 0.287 e. The van der Waals surface area contributed by atoms with E-state index < -0.39 is 5.91 Å². The summed E-state index contributed by atoms with van der Waals surface area (Å²) >= 11 is 12.6. The number of hydrogen-bond donors (Lipinski definition) is 1. The van der Waals surface area contributed by atoms with Crippen molar-refractivity contribution in [3.8, 4) is 0 Å². The molecule has 0 radical (unpaired) electrons. The Balaban J connectivity index is 1.58. The maximum absolute atomic E-state index is 12.9. The van der Waals surface area contributed by atoms with Gasteiger partial charge in [-0.05, 0) is 62.2 Å². The van der Waals surface area contributed by atoms with Gasteiger partial charge in [0.05, 0.1) is 11.4 Å². The highest BCUT2D eigenvalue weighted by atomic mass is 35.5. The summed E-state index contributed by atoms with van der Waals surface area (Å²) in [5, 5.41) is 4.46. The van der Waals surface area contributed by atoms with Crippen molar-refractivity contribution in [1.82, 2.24) is 10.2 Å². The molecule has 1 amide bonds. The van der Waals surface area contributed by atoms with E-state index in [-0.39, 0.29) is 17.2 Å². The van der Waals surface area contributed by atoms with Crippen LogP contribution in [0.15, 0.2) is 51.7 Å². The number of nitrogens with one attached hydrogen (secondary N) is 1. The van der Waals surface area contributed by atoms with Crippen LogP contribution in [-0.2, 0) is 0 Å². The molecule has 162 valence electrons. The van der Waals surface area contributed by atoms with E-state index in [1.807, 2.05) is 31.2 Å². The van der Waals surface area contributed by atoms with Crippen LogP contribution in [0.4, 0.5) is 0 Å². The Kier molecular flexibility index (Phi) is 6.65. The Morgan fingerprint density at radius 3 is 2.58 bits per heavy atom. The van der Waals surface area contributed by atoms with Crippen LogP contribution in [0.25, 0.3) is 11.0 Å². The van der Waals surface area contributed by atoms with Crippen LogP contribution in [0, 0.1) is 6.92 Å².